The summed E-state index contributed by atoms with van der Waals surface area (Å²) in [4.78, 5) is 18.4. The Morgan fingerprint density at radius 1 is 1.33 bits per heavy atom. The Hall–Kier alpha value is -2.28. The third-order valence-electron chi connectivity index (χ3n) is 4.40. The predicted molar refractivity (Wildman–Crippen MR) is 107 cm³/mol. The number of benzene rings is 1. The molecule has 1 aliphatic rings. The van der Waals surface area contributed by atoms with Gasteiger partial charge in [-0.15, -0.1) is 0 Å². The van der Waals surface area contributed by atoms with Crippen molar-refractivity contribution in [2.24, 2.45) is 4.99 Å². The first-order valence-electron chi connectivity index (χ1n) is 9.69. The molecule has 0 aliphatic carbocycles. The average Bonchev–Trinajstić information content (AvgIpc) is 3.15. The van der Waals surface area contributed by atoms with Gasteiger partial charge in [0.1, 0.15) is 12.4 Å². The van der Waals surface area contributed by atoms with Gasteiger partial charge in [-0.25, -0.2) is 4.99 Å². The summed E-state index contributed by atoms with van der Waals surface area (Å²) in [5.41, 5.74) is 1.08. The topological polar surface area (TPSA) is 75.2 Å². The SMILES string of the molecule is CCNC(=NCc1cccc(OCCOC)c1)NC1CCN(C(=O)CC)C1. The van der Waals surface area contributed by atoms with Gasteiger partial charge in [-0.2, -0.15) is 0 Å². The van der Waals surface area contributed by atoms with Gasteiger partial charge in [-0.1, -0.05) is 19.1 Å². The maximum Gasteiger partial charge on any atom is 0.222 e. The lowest BCUT2D eigenvalue weighted by atomic mass is 10.2. The fourth-order valence-corrected chi connectivity index (χ4v) is 2.99. The summed E-state index contributed by atoms with van der Waals surface area (Å²) < 4.78 is 10.7. The molecular formula is C20H32N4O3. The Bertz CT molecular complexity index is 621. The van der Waals surface area contributed by atoms with E-state index in [0.717, 1.165) is 43.3 Å². The molecule has 0 bridgehead atoms. The van der Waals surface area contributed by atoms with Gasteiger partial charge in [0, 0.05) is 39.2 Å². The summed E-state index contributed by atoms with van der Waals surface area (Å²) in [6.07, 6.45) is 1.50. The third kappa shape index (κ3) is 7.09. The molecule has 0 spiro atoms. The van der Waals surface area contributed by atoms with Crippen molar-refractivity contribution in [2.75, 3.05) is 40.0 Å². The van der Waals surface area contributed by atoms with Crippen molar-refractivity contribution in [3.63, 3.8) is 0 Å². The van der Waals surface area contributed by atoms with Gasteiger partial charge in [-0.3, -0.25) is 4.79 Å². The lowest BCUT2D eigenvalue weighted by molar-refractivity contribution is -0.129. The molecule has 1 heterocycles. The van der Waals surface area contributed by atoms with Crippen LogP contribution in [0.5, 0.6) is 5.75 Å². The third-order valence-corrected chi connectivity index (χ3v) is 4.40. The average molecular weight is 377 g/mol. The zero-order chi connectivity index (χ0) is 19.5. The molecule has 7 heteroatoms. The predicted octanol–water partition coefficient (Wildman–Crippen LogP) is 1.78. The molecule has 2 N–H and O–H groups in total. The Kier molecular flexibility index (Phi) is 8.91. The molecule has 7 nitrogen and oxygen atoms in total. The number of ether oxygens (including phenoxy) is 2. The van der Waals surface area contributed by atoms with E-state index in [-0.39, 0.29) is 11.9 Å². The van der Waals surface area contributed by atoms with E-state index in [2.05, 4.69) is 15.6 Å². The first kappa shape index (κ1) is 21.0. The first-order valence-corrected chi connectivity index (χ1v) is 9.69. The van der Waals surface area contributed by atoms with Crippen molar-refractivity contribution in [2.45, 2.75) is 39.3 Å². The number of guanidine groups is 1. The lowest BCUT2D eigenvalue weighted by Crippen LogP contribution is -2.45. The van der Waals surface area contributed by atoms with Crippen LogP contribution in [-0.2, 0) is 16.1 Å². The summed E-state index contributed by atoms with van der Waals surface area (Å²) in [6, 6.07) is 8.18. The Labute approximate surface area is 162 Å². The fraction of sp³-hybridized carbons (Fsp3) is 0.600. The number of rotatable bonds is 9. The molecule has 0 saturated carbocycles. The monoisotopic (exact) mass is 376 g/mol. The molecule has 150 valence electrons. The van der Waals surface area contributed by atoms with Crippen LogP contribution in [0.2, 0.25) is 0 Å². The van der Waals surface area contributed by atoms with Crippen LogP contribution in [0.1, 0.15) is 32.3 Å². The van der Waals surface area contributed by atoms with Crippen LogP contribution in [0.4, 0.5) is 0 Å². The molecule has 27 heavy (non-hydrogen) atoms. The van der Waals surface area contributed by atoms with Gasteiger partial charge in [0.05, 0.1) is 13.2 Å². The van der Waals surface area contributed by atoms with Crippen molar-refractivity contribution in [3.05, 3.63) is 29.8 Å². The maximum absolute atomic E-state index is 11.8. The number of nitrogens with one attached hydrogen (secondary N) is 2. The molecule has 1 aromatic rings. The van der Waals surface area contributed by atoms with E-state index in [9.17, 15) is 4.79 Å². The summed E-state index contributed by atoms with van der Waals surface area (Å²) in [5, 5.41) is 6.73. The van der Waals surface area contributed by atoms with E-state index in [4.69, 9.17) is 9.47 Å². The van der Waals surface area contributed by atoms with E-state index in [1.807, 2.05) is 43.0 Å². The van der Waals surface area contributed by atoms with Crippen molar-refractivity contribution in [3.8, 4) is 5.75 Å². The molecule has 1 aromatic carbocycles. The van der Waals surface area contributed by atoms with Crippen LogP contribution in [-0.4, -0.2) is 62.8 Å². The van der Waals surface area contributed by atoms with Crippen LogP contribution in [0.25, 0.3) is 0 Å². The summed E-state index contributed by atoms with van der Waals surface area (Å²) in [7, 11) is 1.66. The standard InChI is InChI=1S/C20H32N4O3/c1-4-19(25)24-10-9-17(15-24)23-20(21-5-2)22-14-16-7-6-8-18(13-16)27-12-11-26-3/h6-8,13,17H,4-5,9-12,14-15H2,1-3H3,(H2,21,22,23). The van der Waals surface area contributed by atoms with Crippen molar-refractivity contribution >= 4 is 11.9 Å². The van der Waals surface area contributed by atoms with E-state index in [1.54, 1.807) is 7.11 Å². The molecule has 1 atom stereocenters. The number of hydrogen-bond donors (Lipinski definition) is 2. The summed E-state index contributed by atoms with van der Waals surface area (Å²) >= 11 is 0. The van der Waals surface area contributed by atoms with Crippen LogP contribution >= 0.6 is 0 Å². The minimum absolute atomic E-state index is 0.214. The summed E-state index contributed by atoms with van der Waals surface area (Å²) in [5.74, 6) is 1.81. The van der Waals surface area contributed by atoms with Crippen molar-refractivity contribution < 1.29 is 14.3 Å². The Morgan fingerprint density at radius 2 is 2.19 bits per heavy atom. The minimum atomic E-state index is 0.214. The zero-order valence-electron chi connectivity index (χ0n) is 16.7. The normalized spacial score (nSPS) is 17.1. The highest BCUT2D eigenvalue weighted by Crippen LogP contribution is 2.14. The molecule has 0 radical (unpaired) electrons. The van der Waals surface area contributed by atoms with Crippen LogP contribution < -0.4 is 15.4 Å². The van der Waals surface area contributed by atoms with E-state index < -0.39 is 0 Å². The second-order valence-electron chi connectivity index (χ2n) is 6.51. The Balaban J connectivity index is 1.91. The van der Waals surface area contributed by atoms with Gasteiger partial charge in [0.25, 0.3) is 0 Å². The van der Waals surface area contributed by atoms with Crippen LogP contribution in [0, 0.1) is 0 Å². The number of aliphatic imine (C=N–C) groups is 1. The molecule has 2 rings (SSSR count). The fourth-order valence-electron chi connectivity index (χ4n) is 2.99. The number of carbonyl (C=O) groups excluding carboxylic acids is 1. The van der Waals surface area contributed by atoms with Gasteiger partial charge in [-0.05, 0) is 31.0 Å². The van der Waals surface area contributed by atoms with Crippen LogP contribution in [0.3, 0.4) is 0 Å². The molecule has 1 unspecified atom stereocenters. The number of hydrogen-bond acceptors (Lipinski definition) is 4. The quantitative estimate of drug-likeness (QED) is 0.390. The minimum Gasteiger partial charge on any atom is -0.491 e. The van der Waals surface area contributed by atoms with Crippen LogP contribution in [0.15, 0.2) is 29.3 Å². The number of methoxy groups -OCH3 is 1. The van der Waals surface area contributed by atoms with E-state index in [1.165, 1.54) is 0 Å². The maximum atomic E-state index is 11.8. The van der Waals surface area contributed by atoms with Gasteiger partial charge >= 0.3 is 0 Å². The van der Waals surface area contributed by atoms with Crippen molar-refractivity contribution in [1.82, 2.24) is 15.5 Å². The molecule has 1 aliphatic heterocycles. The Morgan fingerprint density at radius 3 is 2.93 bits per heavy atom. The summed E-state index contributed by atoms with van der Waals surface area (Å²) in [6.45, 7) is 7.94. The largest absolute Gasteiger partial charge is 0.491 e. The smallest absolute Gasteiger partial charge is 0.222 e. The number of carbonyl (C=O) groups is 1. The number of amides is 1. The molecule has 1 fully saturated rings. The highest BCUT2D eigenvalue weighted by Gasteiger charge is 2.25. The van der Waals surface area contributed by atoms with Crippen molar-refractivity contribution in [1.29, 1.82) is 0 Å². The lowest BCUT2D eigenvalue weighted by Gasteiger charge is -2.18. The number of nitrogens with zero attached hydrogens (tertiary/aromatic N) is 2. The van der Waals surface area contributed by atoms with Gasteiger partial charge in [0.15, 0.2) is 5.96 Å². The molecule has 1 saturated heterocycles. The molecular weight excluding hydrogens is 344 g/mol. The zero-order valence-corrected chi connectivity index (χ0v) is 16.7. The highest BCUT2D eigenvalue weighted by atomic mass is 16.5. The van der Waals surface area contributed by atoms with E-state index in [0.29, 0.717) is 26.2 Å². The van der Waals surface area contributed by atoms with Gasteiger partial charge in [0.2, 0.25) is 5.91 Å². The molecule has 0 aromatic heterocycles. The van der Waals surface area contributed by atoms with Gasteiger partial charge < -0.3 is 25.0 Å². The first-order chi connectivity index (χ1) is 13.2. The van der Waals surface area contributed by atoms with E-state index >= 15 is 0 Å². The number of likely N-dealkylation sites (tertiary alicyclic amines) is 1. The second-order valence-corrected chi connectivity index (χ2v) is 6.51. The molecule has 1 amide bonds. The highest BCUT2D eigenvalue weighted by molar-refractivity contribution is 5.80. The second kappa shape index (κ2) is 11.4.